The van der Waals surface area contributed by atoms with Gasteiger partial charge in [0.05, 0.1) is 5.69 Å². The third-order valence-electron chi connectivity index (χ3n) is 3.06. The van der Waals surface area contributed by atoms with Crippen LogP contribution in [0.1, 0.15) is 26.3 Å². The highest BCUT2D eigenvalue weighted by atomic mass is 32.2. The van der Waals surface area contributed by atoms with E-state index < -0.39 is 15.5 Å². The highest BCUT2D eigenvalue weighted by Crippen LogP contribution is 2.30. The third-order valence-corrected chi connectivity index (χ3v) is 4.44. The van der Waals surface area contributed by atoms with Crippen molar-refractivity contribution in [3.63, 3.8) is 0 Å². The standard InChI is InChI=1S/C15H18N2O3S/c1-15(2,3)11-6-4-5-7-12(11)17-21(19,20)14-10-16-9-8-13(14)18/h4-10,17H,1-3H3,(H,16,18). The molecule has 2 rings (SSSR count). The van der Waals surface area contributed by atoms with Crippen LogP contribution in [0.25, 0.3) is 0 Å². The fourth-order valence-corrected chi connectivity index (χ4v) is 3.17. The van der Waals surface area contributed by atoms with Crippen LogP contribution in [-0.4, -0.2) is 13.4 Å². The summed E-state index contributed by atoms with van der Waals surface area (Å²) in [5.74, 6) is 0. The van der Waals surface area contributed by atoms with Gasteiger partial charge < -0.3 is 4.98 Å². The lowest BCUT2D eigenvalue weighted by molar-refractivity contribution is 0.590. The molecule has 0 saturated heterocycles. The lowest BCUT2D eigenvalue weighted by Crippen LogP contribution is -2.23. The van der Waals surface area contributed by atoms with E-state index in [1.165, 1.54) is 18.5 Å². The Morgan fingerprint density at radius 1 is 1.10 bits per heavy atom. The zero-order valence-electron chi connectivity index (χ0n) is 12.2. The van der Waals surface area contributed by atoms with Crippen molar-refractivity contribution in [3.8, 4) is 0 Å². The Morgan fingerprint density at radius 2 is 1.76 bits per heavy atom. The molecule has 1 aromatic carbocycles. The topological polar surface area (TPSA) is 79.0 Å². The number of anilines is 1. The summed E-state index contributed by atoms with van der Waals surface area (Å²) in [7, 11) is -3.92. The van der Waals surface area contributed by atoms with Gasteiger partial charge in [-0.15, -0.1) is 0 Å². The molecule has 5 nitrogen and oxygen atoms in total. The van der Waals surface area contributed by atoms with Crippen LogP contribution < -0.4 is 10.2 Å². The van der Waals surface area contributed by atoms with Gasteiger partial charge in [-0.25, -0.2) is 8.42 Å². The second-order valence-corrected chi connectivity index (χ2v) is 7.42. The number of para-hydroxylation sites is 1. The molecule has 0 amide bonds. The number of hydrogen-bond donors (Lipinski definition) is 2. The molecule has 6 heteroatoms. The van der Waals surface area contributed by atoms with Gasteiger partial charge in [0.25, 0.3) is 10.0 Å². The number of sulfonamides is 1. The van der Waals surface area contributed by atoms with Crippen molar-refractivity contribution >= 4 is 15.7 Å². The van der Waals surface area contributed by atoms with Gasteiger partial charge in [-0.1, -0.05) is 39.0 Å². The van der Waals surface area contributed by atoms with Gasteiger partial charge in [0.15, 0.2) is 4.90 Å². The van der Waals surface area contributed by atoms with Crippen molar-refractivity contribution in [1.82, 2.24) is 4.98 Å². The van der Waals surface area contributed by atoms with Crippen molar-refractivity contribution in [2.45, 2.75) is 31.1 Å². The molecule has 0 aliphatic rings. The summed E-state index contributed by atoms with van der Waals surface area (Å²) in [6, 6.07) is 8.35. The molecular formula is C15H18N2O3S. The van der Waals surface area contributed by atoms with Crippen LogP contribution in [0.15, 0.2) is 52.4 Å². The number of hydrogen-bond acceptors (Lipinski definition) is 3. The Labute approximate surface area is 124 Å². The fourth-order valence-electron chi connectivity index (χ4n) is 2.04. The summed E-state index contributed by atoms with van der Waals surface area (Å²) >= 11 is 0. The minimum Gasteiger partial charge on any atom is -0.366 e. The Morgan fingerprint density at radius 3 is 2.38 bits per heavy atom. The number of pyridine rings is 1. The Hall–Kier alpha value is -2.08. The van der Waals surface area contributed by atoms with Crippen molar-refractivity contribution in [3.05, 3.63) is 58.5 Å². The second-order valence-electron chi connectivity index (χ2n) is 5.77. The maximum Gasteiger partial charge on any atom is 0.267 e. The molecule has 0 atom stereocenters. The molecular weight excluding hydrogens is 288 g/mol. The minimum atomic E-state index is -3.92. The number of aromatic amines is 1. The number of H-pyrrole nitrogens is 1. The zero-order valence-corrected chi connectivity index (χ0v) is 13.0. The van der Waals surface area contributed by atoms with Gasteiger partial charge in [0, 0.05) is 18.5 Å². The van der Waals surface area contributed by atoms with Crippen molar-refractivity contribution in [1.29, 1.82) is 0 Å². The summed E-state index contributed by atoms with van der Waals surface area (Å²) in [6.07, 6.45) is 2.58. The van der Waals surface area contributed by atoms with Crippen molar-refractivity contribution < 1.29 is 8.42 Å². The summed E-state index contributed by atoms with van der Waals surface area (Å²) in [4.78, 5) is 14.0. The molecule has 112 valence electrons. The van der Waals surface area contributed by atoms with Gasteiger partial charge in [0.1, 0.15) is 0 Å². The average Bonchev–Trinajstić information content (AvgIpc) is 2.38. The van der Waals surface area contributed by atoms with Crippen LogP contribution in [-0.2, 0) is 15.4 Å². The lowest BCUT2D eigenvalue weighted by Gasteiger charge is -2.23. The molecule has 0 spiro atoms. The van der Waals surface area contributed by atoms with Gasteiger partial charge >= 0.3 is 0 Å². The molecule has 0 saturated carbocycles. The molecule has 1 aromatic heterocycles. The molecule has 0 aliphatic heterocycles. The Kier molecular flexibility index (Phi) is 3.91. The summed E-state index contributed by atoms with van der Waals surface area (Å²) in [6.45, 7) is 5.99. The van der Waals surface area contributed by atoms with Gasteiger partial charge in [0.2, 0.25) is 5.43 Å². The Balaban J connectivity index is 2.48. The average molecular weight is 306 g/mol. The van der Waals surface area contributed by atoms with Crippen LogP contribution in [0.5, 0.6) is 0 Å². The van der Waals surface area contributed by atoms with Crippen LogP contribution in [0.3, 0.4) is 0 Å². The molecule has 0 unspecified atom stereocenters. The molecule has 2 N–H and O–H groups in total. The van der Waals surface area contributed by atoms with Gasteiger partial charge in [-0.3, -0.25) is 9.52 Å². The van der Waals surface area contributed by atoms with E-state index in [4.69, 9.17) is 0 Å². The molecule has 0 bridgehead atoms. The van der Waals surface area contributed by atoms with Crippen LogP contribution in [0, 0.1) is 0 Å². The van der Waals surface area contributed by atoms with E-state index >= 15 is 0 Å². The van der Waals surface area contributed by atoms with E-state index in [1.54, 1.807) is 12.1 Å². The highest BCUT2D eigenvalue weighted by Gasteiger charge is 2.23. The van der Waals surface area contributed by atoms with Crippen molar-refractivity contribution in [2.75, 3.05) is 4.72 Å². The second kappa shape index (κ2) is 5.37. The first-order valence-corrected chi connectivity index (χ1v) is 7.99. The monoisotopic (exact) mass is 306 g/mol. The van der Waals surface area contributed by atoms with Gasteiger partial charge in [-0.05, 0) is 17.0 Å². The maximum absolute atomic E-state index is 12.4. The zero-order chi connectivity index (χ0) is 15.7. The van der Waals surface area contributed by atoms with E-state index in [-0.39, 0.29) is 10.3 Å². The minimum absolute atomic E-state index is 0.220. The summed E-state index contributed by atoms with van der Waals surface area (Å²) in [5.41, 5.74) is 0.575. The largest absolute Gasteiger partial charge is 0.366 e. The van der Waals surface area contributed by atoms with E-state index in [2.05, 4.69) is 9.71 Å². The first-order chi connectivity index (χ1) is 9.72. The predicted molar refractivity (Wildman–Crippen MR) is 83.0 cm³/mol. The normalized spacial score (nSPS) is 12.1. The summed E-state index contributed by atoms with van der Waals surface area (Å²) < 4.78 is 27.2. The number of rotatable bonds is 3. The van der Waals surface area contributed by atoms with E-state index in [1.807, 2.05) is 32.9 Å². The smallest absolute Gasteiger partial charge is 0.267 e. The first-order valence-electron chi connectivity index (χ1n) is 6.51. The fraction of sp³-hybridized carbons (Fsp3) is 0.267. The summed E-state index contributed by atoms with van der Waals surface area (Å²) in [5, 5.41) is 0. The predicted octanol–water partition coefficient (Wildman–Crippen LogP) is 2.47. The molecule has 0 fully saturated rings. The SMILES string of the molecule is CC(C)(C)c1ccccc1NS(=O)(=O)c1c[nH]ccc1=O. The molecule has 1 heterocycles. The molecule has 0 aliphatic carbocycles. The van der Waals surface area contributed by atoms with Crippen LogP contribution in [0.4, 0.5) is 5.69 Å². The lowest BCUT2D eigenvalue weighted by atomic mass is 9.86. The van der Waals surface area contributed by atoms with E-state index in [9.17, 15) is 13.2 Å². The van der Waals surface area contributed by atoms with E-state index in [0.717, 1.165) is 5.56 Å². The number of benzene rings is 1. The van der Waals surface area contributed by atoms with Crippen LogP contribution in [0.2, 0.25) is 0 Å². The molecule has 2 aromatic rings. The molecule has 21 heavy (non-hydrogen) atoms. The number of nitrogens with one attached hydrogen (secondary N) is 2. The number of aromatic nitrogens is 1. The molecule has 0 radical (unpaired) electrons. The Bertz CT molecular complexity index is 802. The van der Waals surface area contributed by atoms with Crippen LogP contribution >= 0.6 is 0 Å². The quantitative estimate of drug-likeness (QED) is 0.914. The first kappa shape index (κ1) is 15.3. The van der Waals surface area contributed by atoms with Crippen molar-refractivity contribution in [2.24, 2.45) is 0 Å². The van der Waals surface area contributed by atoms with Gasteiger partial charge in [-0.2, -0.15) is 0 Å². The maximum atomic E-state index is 12.4. The highest BCUT2D eigenvalue weighted by molar-refractivity contribution is 7.92. The van der Waals surface area contributed by atoms with E-state index in [0.29, 0.717) is 5.69 Å². The third kappa shape index (κ3) is 3.33.